The Morgan fingerprint density at radius 2 is 1.95 bits per heavy atom. The fourth-order valence-corrected chi connectivity index (χ4v) is 5.34. The average Bonchev–Trinajstić information content (AvgIpc) is 3.47. The Hall–Kier alpha value is -3.46. The highest BCUT2D eigenvalue weighted by molar-refractivity contribution is 8.13. The molecule has 2 amide bonds. The van der Waals surface area contributed by atoms with Crippen molar-refractivity contribution in [2.75, 3.05) is 32.6 Å². The van der Waals surface area contributed by atoms with E-state index in [0.717, 1.165) is 43.0 Å². The van der Waals surface area contributed by atoms with Gasteiger partial charge in [-0.25, -0.2) is 24.8 Å². The first kappa shape index (κ1) is 33.0. The molecule has 2 aromatic rings. The number of amides is 2. The van der Waals surface area contributed by atoms with E-state index >= 15 is 0 Å². The minimum absolute atomic E-state index is 0.152. The summed E-state index contributed by atoms with van der Waals surface area (Å²) in [4.78, 5) is 36.8. The number of carbonyl (C=O) groups is 2. The Labute approximate surface area is 250 Å². The van der Waals surface area contributed by atoms with Crippen LogP contribution in [0.25, 0.3) is 0 Å². The Morgan fingerprint density at radius 3 is 2.57 bits per heavy atom. The number of quaternary nitrogens is 1. The Bertz CT molecular complexity index is 1270. The quantitative estimate of drug-likeness (QED) is 0.0790. The number of pyridine rings is 1. The zero-order valence-electron chi connectivity index (χ0n) is 24.9. The number of hydrazine groups is 1. The molecule has 1 fully saturated rings. The molecule has 0 atom stereocenters. The first-order valence-electron chi connectivity index (χ1n) is 13.8. The van der Waals surface area contributed by atoms with Crippen LogP contribution in [-0.2, 0) is 9.57 Å². The van der Waals surface area contributed by atoms with E-state index in [0.29, 0.717) is 36.0 Å². The Balaban J connectivity index is 1.70. The lowest BCUT2D eigenvalue weighted by Gasteiger charge is -2.25. The molecule has 0 bridgehead atoms. The van der Waals surface area contributed by atoms with Gasteiger partial charge in [0.1, 0.15) is 5.60 Å². The highest BCUT2D eigenvalue weighted by Gasteiger charge is 2.23. The van der Waals surface area contributed by atoms with Gasteiger partial charge in [0, 0.05) is 43.4 Å². The standard InChI is InChI=1S/C28H41FN8O4S/c1-28(2,3)41-27(39)36(4)13-8-14-37(31)26(34-30)42-23-12-11-20(35-40-5)16-21(23)25(38)33-24-22(29)15-19(17-32-24)18-9-6-7-10-18/h11-12,15-18,35H,6-10,13-14,30-31H2,1-5H3,(H,32,33,38)/p+1/b34-26+. The molecular weight excluding hydrogens is 563 g/mol. The summed E-state index contributed by atoms with van der Waals surface area (Å²) in [5.74, 6) is 10.9. The molecule has 1 aliphatic carbocycles. The van der Waals surface area contributed by atoms with E-state index < -0.39 is 23.4 Å². The van der Waals surface area contributed by atoms with Crippen LogP contribution in [0.15, 0.2) is 40.5 Å². The van der Waals surface area contributed by atoms with Crippen LogP contribution >= 0.6 is 11.8 Å². The van der Waals surface area contributed by atoms with Crippen molar-refractivity contribution in [2.45, 2.75) is 69.3 Å². The number of hydrogen-bond donors (Lipinski definition) is 4. The maximum atomic E-state index is 15.0. The highest BCUT2D eigenvalue weighted by atomic mass is 32.2. The number of hydrogen-bond acceptors (Lipinski definition) is 9. The molecule has 3 rings (SSSR count). The van der Waals surface area contributed by atoms with E-state index in [9.17, 15) is 14.0 Å². The largest absolute Gasteiger partial charge is 0.444 e. The molecule has 0 radical (unpaired) electrons. The number of benzene rings is 1. The molecule has 12 nitrogen and oxygen atoms in total. The third-order valence-electron chi connectivity index (χ3n) is 6.58. The number of nitrogens with zero attached hydrogens (tertiary/aromatic N) is 4. The Kier molecular flexibility index (Phi) is 11.9. The highest BCUT2D eigenvalue weighted by Crippen LogP contribution is 2.34. The summed E-state index contributed by atoms with van der Waals surface area (Å²) >= 11 is 1.08. The van der Waals surface area contributed by atoms with E-state index in [1.807, 2.05) is 0 Å². The Morgan fingerprint density at radius 1 is 1.24 bits per heavy atom. The van der Waals surface area contributed by atoms with Crippen molar-refractivity contribution < 1.29 is 29.0 Å². The molecule has 1 aromatic carbocycles. The molecule has 14 heteroatoms. The van der Waals surface area contributed by atoms with E-state index in [-0.39, 0.29) is 16.5 Å². The first-order chi connectivity index (χ1) is 19.9. The van der Waals surface area contributed by atoms with Crippen LogP contribution in [-0.4, -0.2) is 64.9 Å². The maximum absolute atomic E-state index is 15.0. The maximum Gasteiger partial charge on any atom is 0.410 e. The number of ether oxygens (including phenoxy) is 1. The minimum atomic E-state index is -0.595. The summed E-state index contributed by atoms with van der Waals surface area (Å²) in [5, 5.41) is 7.97. The van der Waals surface area contributed by atoms with Crippen molar-refractivity contribution in [2.24, 2.45) is 16.8 Å². The van der Waals surface area contributed by atoms with Gasteiger partial charge in [-0.2, -0.15) is 10.6 Å². The van der Waals surface area contributed by atoms with Gasteiger partial charge >= 0.3 is 6.09 Å². The molecule has 1 aromatic heterocycles. The van der Waals surface area contributed by atoms with Crippen LogP contribution < -0.4 is 22.5 Å². The van der Waals surface area contributed by atoms with Gasteiger partial charge in [-0.1, -0.05) is 12.8 Å². The van der Waals surface area contributed by atoms with Crippen molar-refractivity contribution in [3.63, 3.8) is 0 Å². The number of hydrazone groups is 1. The van der Waals surface area contributed by atoms with Crippen molar-refractivity contribution in [1.29, 1.82) is 0 Å². The number of carbonyl (C=O) groups excluding carboxylic acids is 2. The molecule has 42 heavy (non-hydrogen) atoms. The number of nitrogens with one attached hydrogen (secondary N) is 1. The van der Waals surface area contributed by atoms with Crippen LogP contribution in [0.2, 0.25) is 0 Å². The summed E-state index contributed by atoms with van der Waals surface area (Å²) in [6.07, 6.45) is 5.97. The molecule has 0 saturated heterocycles. The molecule has 0 unspecified atom stereocenters. The minimum Gasteiger partial charge on any atom is -0.444 e. The number of amidine groups is 1. The lowest BCUT2D eigenvalue weighted by Crippen LogP contribution is -2.76. The molecule has 1 aliphatic rings. The molecule has 0 spiro atoms. The zero-order valence-corrected chi connectivity index (χ0v) is 25.7. The molecule has 1 heterocycles. The van der Waals surface area contributed by atoms with Crippen LogP contribution in [0.4, 0.5) is 20.7 Å². The third-order valence-corrected chi connectivity index (χ3v) is 7.68. The van der Waals surface area contributed by atoms with E-state index in [1.54, 1.807) is 52.2 Å². The van der Waals surface area contributed by atoms with Crippen molar-refractivity contribution in [3.8, 4) is 0 Å². The van der Waals surface area contributed by atoms with Crippen LogP contribution in [0.1, 0.15) is 74.7 Å². The van der Waals surface area contributed by atoms with Gasteiger partial charge < -0.3 is 20.8 Å². The summed E-state index contributed by atoms with van der Waals surface area (Å²) in [6.45, 7) is 6.11. The molecule has 0 aliphatic heterocycles. The smallest absolute Gasteiger partial charge is 0.410 e. The SMILES string of the molecule is CO[NH2+]c1ccc(S/C(=N/N)N(N)CCCN(C)C(=O)OC(C)(C)C)c(C(=O)Nc2ncc(C3CCCC3)cc2F)c1. The number of nitrogens with two attached hydrogens (primary N) is 3. The second-order valence-corrected chi connectivity index (χ2v) is 12.1. The molecule has 230 valence electrons. The van der Waals surface area contributed by atoms with E-state index in [4.69, 9.17) is 21.3 Å². The number of aromatic nitrogens is 1. The second-order valence-electron chi connectivity index (χ2n) is 11.1. The van der Waals surface area contributed by atoms with Gasteiger partial charge in [-0.05, 0) is 75.4 Å². The predicted molar refractivity (Wildman–Crippen MR) is 160 cm³/mol. The van der Waals surface area contributed by atoms with Crippen molar-refractivity contribution >= 4 is 40.4 Å². The van der Waals surface area contributed by atoms with Crippen molar-refractivity contribution in [3.05, 3.63) is 47.4 Å². The topological polar surface area (TPSA) is 165 Å². The first-order valence-corrected chi connectivity index (χ1v) is 14.6. The van der Waals surface area contributed by atoms with Crippen LogP contribution in [0.3, 0.4) is 0 Å². The second kappa shape index (κ2) is 15.1. The zero-order chi connectivity index (χ0) is 30.9. The fourth-order valence-electron chi connectivity index (χ4n) is 4.49. The van der Waals surface area contributed by atoms with Gasteiger partial charge in [0.2, 0.25) is 5.17 Å². The molecule has 7 N–H and O–H groups in total. The lowest BCUT2D eigenvalue weighted by molar-refractivity contribution is -0.830. The fraction of sp³-hybridized carbons (Fsp3) is 0.500. The number of halogens is 1. The third kappa shape index (κ3) is 9.54. The average molecular weight is 606 g/mol. The summed E-state index contributed by atoms with van der Waals surface area (Å²) in [6, 6.07) is 6.52. The van der Waals surface area contributed by atoms with Gasteiger partial charge in [-0.3, -0.25) is 9.80 Å². The predicted octanol–water partition coefficient (Wildman–Crippen LogP) is 3.64. The van der Waals surface area contributed by atoms with Gasteiger partial charge in [0.05, 0.1) is 12.7 Å². The summed E-state index contributed by atoms with van der Waals surface area (Å²) in [5.41, 5.74) is 2.58. The van der Waals surface area contributed by atoms with E-state index in [1.165, 1.54) is 28.6 Å². The molecular formula is C28H42FN8O4S+. The normalized spacial score (nSPS) is 14.1. The van der Waals surface area contributed by atoms with Gasteiger partial charge in [-0.15, -0.1) is 0 Å². The van der Waals surface area contributed by atoms with Crippen molar-refractivity contribution in [1.82, 2.24) is 14.9 Å². The van der Waals surface area contributed by atoms with Gasteiger partial charge in [0.25, 0.3) is 5.91 Å². The van der Waals surface area contributed by atoms with E-state index in [2.05, 4.69) is 15.4 Å². The van der Waals surface area contributed by atoms with Crippen LogP contribution in [0.5, 0.6) is 0 Å². The monoisotopic (exact) mass is 605 g/mol. The summed E-state index contributed by atoms with van der Waals surface area (Å²) in [7, 11) is 3.14. The number of rotatable bonds is 10. The van der Waals surface area contributed by atoms with Gasteiger partial charge in [0.15, 0.2) is 17.3 Å². The van der Waals surface area contributed by atoms with Crippen LogP contribution in [0, 0.1) is 5.82 Å². The lowest BCUT2D eigenvalue weighted by atomic mass is 9.99. The molecule has 1 saturated carbocycles. The number of thioether (sulfide) groups is 1. The summed E-state index contributed by atoms with van der Waals surface area (Å²) < 4.78 is 20.3. The number of anilines is 1.